The molecule has 2 aromatic carbocycles. The van der Waals surface area contributed by atoms with Gasteiger partial charge >= 0.3 is 0 Å². The molecule has 0 heterocycles. The van der Waals surface area contributed by atoms with E-state index in [0.717, 1.165) is 37.7 Å². The predicted molar refractivity (Wildman–Crippen MR) is 114 cm³/mol. The lowest BCUT2D eigenvalue weighted by Gasteiger charge is -2.28. The molecule has 0 bridgehead atoms. The predicted octanol–water partition coefficient (Wildman–Crippen LogP) is 5.21. The van der Waals surface area contributed by atoms with Crippen LogP contribution in [0, 0.1) is 0 Å². The van der Waals surface area contributed by atoms with Crippen LogP contribution in [0.5, 0.6) is 0 Å². The lowest BCUT2D eigenvalue weighted by Crippen LogP contribution is -2.38. The zero-order valence-electron chi connectivity index (χ0n) is 17.2. The molecule has 3 heteroatoms. The number of unbranched alkanes of at least 4 members (excludes halogenated alkanes) is 2. The van der Waals surface area contributed by atoms with E-state index in [1.54, 1.807) is 0 Å². The number of carbonyl (C=O) groups is 1. The van der Waals surface area contributed by atoms with Gasteiger partial charge in [0.1, 0.15) is 0 Å². The van der Waals surface area contributed by atoms with Crippen LogP contribution in [0.2, 0.25) is 0 Å². The Kier molecular flexibility index (Phi) is 7.67. The van der Waals surface area contributed by atoms with Crippen molar-refractivity contribution in [3.63, 3.8) is 0 Å². The molecule has 0 N–H and O–H groups in total. The largest absolute Gasteiger partial charge is 0.377 e. The van der Waals surface area contributed by atoms with Gasteiger partial charge in [0, 0.05) is 19.7 Å². The molecule has 1 fully saturated rings. The third-order valence-corrected chi connectivity index (χ3v) is 5.67. The van der Waals surface area contributed by atoms with Gasteiger partial charge in [-0.1, -0.05) is 67.1 Å². The van der Waals surface area contributed by atoms with Crippen molar-refractivity contribution >= 4 is 5.91 Å². The number of carbonyl (C=O) groups excluding carboxylic acids is 1. The number of hydrogen-bond donors (Lipinski definition) is 0. The summed E-state index contributed by atoms with van der Waals surface area (Å²) in [7, 11) is 1.94. The highest BCUT2D eigenvalue weighted by atomic mass is 16.5. The number of hydrogen-bond acceptors (Lipinski definition) is 2. The first kappa shape index (κ1) is 20.6. The molecule has 3 nitrogen and oxygen atoms in total. The van der Waals surface area contributed by atoms with Crippen LogP contribution in [0.25, 0.3) is 0 Å². The fourth-order valence-electron chi connectivity index (χ4n) is 3.75. The fourth-order valence-corrected chi connectivity index (χ4v) is 3.75. The summed E-state index contributed by atoms with van der Waals surface area (Å²) in [6.07, 6.45) is 6.60. The van der Waals surface area contributed by atoms with Crippen molar-refractivity contribution in [2.45, 2.75) is 63.5 Å². The van der Waals surface area contributed by atoms with Crippen molar-refractivity contribution < 1.29 is 9.53 Å². The van der Waals surface area contributed by atoms with Crippen LogP contribution < -0.4 is 0 Å². The van der Waals surface area contributed by atoms with Gasteiger partial charge in [0.2, 0.25) is 5.91 Å². The van der Waals surface area contributed by atoms with Crippen LogP contribution in [-0.2, 0) is 16.0 Å². The molecule has 2 atom stereocenters. The molecule has 2 unspecified atom stereocenters. The Morgan fingerprint density at radius 1 is 1.00 bits per heavy atom. The smallest absolute Gasteiger partial charge is 0.232 e. The number of likely N-dealkylation sites (N-methyl/N-ethyl adjacent to an activating group) is 1. The minimum atomic E-state index is -0.226. The van der Waals surface area contributed by atoms with Gasteiger partial charge < -0.3 is 9.64 Å². The van der Waals surface area contributed by atoms with Crippen molar-refractivity contribution in [3.05, 3.63) is 71.8 Å². The third-order valence-electron chi connectivity index (χ3n) is 5.67. The zero-order chi connectivity index (χ0) is 19.8. The van der Waals surface area contributed by atoms with Gasteiger partial charge in [0.25, 0.3) is 0 Å². The number of ether oxygens (including phenoxy) is 1. The standard InChI is InChI=1S/C25H33NO2/c1-20(28-19-11-5-8-14-21-12-6-3-7-13-21)24(22-15-9-4-10-16-22)25(27)26(2)23-17-18-23/h3-4,6-7,9-10,12-13,15-16,20,23-24H,5,8,11,14,17-19H2,1-2H3. The zero-order valence-corrected chi connectivity index (χ0v) is 17.2. The average molecular weight is 380 g/mol. The SMILES string of the molecule is CC(OCCCCCc1ccccc1)C(C(=O)N(C)C1CC1)c1ccccc1. The van der Waals surface area contributed by atoms with E-state index in [1.165, 1.54) is 12.0 Å². The van der Waals surface area contributed by atoms with Crippen molar-refractivity contribution in [1.29, 1.82) is 0 Å². The van der Waals surface area contributed by atoms with Crippen LogP contribution in [0.1, 0.15) is 56.1 Å². The molecule has 0 saturated heterocycles. The van der Waals surface area contributed by atoms with Crippen molar-refractivity contribution in [3.8, 4) is 0 Å². The van der Waals surface area contributed by atoms with Crippen LogP contribution in [-0.4, -0.2) is 36.6 Å². The van der Waals surface area contributed by atoms with E-state index in [-0.39, 0.29) is 17.9 Å². The lowest BCUT2D eigenvalue weighted by atomic mass is 9.92. The Labute approximate surface area is 169 Å². The average Bonchev–Trinajstić information content (AvgIpc) is 3.57. The van der Waals surface area contributed by atoms with E-state index in [0.29, 0.717) is 12.6 Å². The molecule has 28 heavy (non-hydrogen) atoms. The molecule has 0 aromatic heterocycles. The number of amides is 1. The maximum absolute atomic E-state index is 13.1. The molecular formula is C25H33NO2. The second-order valence-corrected chi connectivity index (χ2v) is 7.94. The molecule has 1 aliphatic carbocycles. The molecule has 3 rings (SSSR count). The molecule has 0 aliphatic heterocycles. The molecule has 1 aliphatic rings. The second kappa shape index (κ2) is 10.4. The summed E-state index contributed by atoms with van der Waals surface area (Å²) >= 11 is 0. The van der Waals surface area contributed by atoms with E-state index in [2.05, 4.69) is 30.3 Å². The summed E-state index contributed by atoms with van der Waals surface area (Å²) in [5.41, 5.74) is 2.45. The maximum atomic E-state index is 13.1. The third kappa shape index (κ3) is 5.93. The first-order valence-electron chi connectivity index (χ1n) is 10.6. The Balaban J connectivity index is 1.47. The van der Waals surface area contributed by atoms with Gasteiger partial charge in [-0.25, -0.2) is 0 Å². The highest BCUT2D eigenvalue weighted by Gasteiger charge is 2.36. The summed E-state index contributed by atoms with van der Waals surface area (Å²) in [4.78, 5) is 15.0. The van der Waals surface area contributed by atoms with Crippen molar-refractivity contribution in [2.75, 3.05) is 13.7 Å². The molecule has 1 saturated carbocycles. The molecule has 1 amide bonds. The van der Waals surface area contributed by atoms with Gasteiger partial charge in [0.05, 0.1) is 12.0 Å². The Bertz CT molecular complexity index is 712. The van der Waals surface area contributed by atoms with Crippen LogP contribution >= 0.6 is 0 Å². The van der Waals surface area contributed by atoms with E-state index in [4.69, 9.17) is 4.74 Å². The van der Waals surface area contributed by atoms with Crippen LogP contribution in [0.4, 0.5) is 0 Å². The van der Waals surface area contributed by atoms with E-state index >= 15 is 0 Å². The highest BCUT2D eigenvalue weighted by molar-refractivity contribution is 5.84. The van der Waals surface area contributed by atoms with E-state index in [9.17, 15) is 4.79 Å². The van der Waals surface area contributed by atoms with Crippen molar-refractivity contribution in [1.82, 2.24) is 4.90 Å². The monoisotopic (exact) mass is 379 g/mol. The number of benzene rings is 2. The summed E-state index contributed by atoms with van der Waals surface area (Å²) in [6.45, 7) is 2.75. The van der Waals surface area contributed by atoms with Gasteiger partial charge in [0.15, 0.2) is 0 Å². The Morgan fingerprint density at radius 3 is 2.29 bits per heavy atom. The van der Waals surface area contributed by atoms with Gasteiger partial charge in [-0.05, 0) is 50.2 Å². The summed E-state index contributed by atoms with van der Waals surface area (Å²) in [5.74, 6) is -0.0404. The molecule has 0 spiro atoms. The first-order valence-corrected chi connectivity index (χ1v) is 10.6. The Morgan fingerprint density at radius 2 is 1.64 bits per heavy atom. The quantitative estimate of drug-likeness (QED) is 0.502. The summed E-state index contributed by atoms with van der Waals surface area (Å²) in [6, 6.07) is 21.1. The minimum absolute atomic E-state index is 0.120. The molecular weight excluding hydrogens is 346 g/mol. The highest BCUT2D eigenvalue weighted by Crippen LogP contribution is 2.31. The van der Waals surface area contributed by atoms with Gasteiger partial charge in [-0.15, -0.1) is 0 Å². The first-order chi connectivity index (χ1) is 13.7. The number of nitrogens with zero attached hydrogens (tertiary/aromatic N) is 1. The summed E-state index contributed by atoms with van der Waals surface area (Å²) in [5, 5.41) is 0. The van der Waals surface area contributed by atoms with Crippen LogP contribution in [0.3, 0.4) is 0 Å². The van der Waals surface area contributed by atoms with Crippen LogP contribution in [0.15, 0.2) is 60.7 Å². The second-order valence-electron chi connectivity index (χ2n) is 7.94. The van der Waals surface area contributed by atoms with Gasteiger partial charge in [-0.3, -0.25) is 4.79 Å². The molecule has 0 radical (unpaired) electrons. The fraction of sp³-hybridized carbons (Fsp3) is 0.480. The van der Waals surface area contributed by atoms with E-state index in [1.807, 2.05) is 49.2 Å². The minimum Gasteiger partial charge on any atom is -0.377 e. The summed E-state index contributed by atoms with van der Waals surface area (Å²) < 4.78 is 6.13. The van der Waals surface area contributed by atoms with Gasteiger partial charge in [-0.2, -0.15) is 0 Å². The number of aryl methyl sites for hydroxylation is 1. The van der Waals surface area contributed by atoms with Crippen molar-refractivity contribution in [2.24, 2.45) is 0 Å². The normalized spacial score (nSPS) is 15.8. The maximum Gasteiger partial charge on any atom is 0.232 e. The molecule has 150 valence electrons. The topological polar surface area (TPSA) is 29.5 Å². The lowest BCUT2D eigenvalue weighted by molar-refractivity contribution is -0.135. The number of rotatable bonds is 11. The Hall–Kier alpha value is -2.13. The molecule has 2 aromatic rings. The van der Waals surface area contributed by atoms with E-state index < -0.39 is 0 Å².